The molecule has 156 valence electrons. The van der Waals surface area contributed by atoms with E-state index in [2.05, 4.69) is 10.3 Å². The van der Waals surface area contributed by atoms with Crippen LogP contribution in [-0.2, 0) is 0 Å². The first kappa shape index (κ1) is 19.4. The first-order valence-electron chi connectivity index (χ1n) is 9.95. The highest BCUT2D eigenvalue weighted by Gasteiger charge is 2.36. The summed E-state index contributed by atoms with van der Waals surface area (Å²) in [6.45, 7) is 1.67. The van der Waals surface area contributed by atoms with Gasteiger partial charge in [-0.15, -0.1) is 0 Å². The maximum absolute atomic E-state index is 12.8. The summed E-state index contributed by atoms with van der Waals surface area (Å²) in [7, 11) is 0. The van der Waals surface area contributed by atoms with Gasteiger partial charge in [0, 0.05) is 11.3 Å². The van der Waals surface area contributed by atoms with Crippen molar-refractivity contribution in [1.29, 1.82) is 0 Å². The Hall–Kier alpha value is -4.52. The van der Waals surface area contributed by atoms with E-state index in [1.54, 1.807) is 55.5 Å². The van der Waals surface area contributed by atoms with E-state index < -0.39 is 17.7 Å². The number of fused-ring (bicyclic) bond motifs is 1. The van der Waals surface area contributed by atoms with Crippen molar-refractivity contribution in [3.8, 4) is 11.5 Å². The third-order valence-corrected chi connectivity index (χ3v) is 5.19. The number of anilines is 2. The lowest BCUT2D eigenvalue weighted by Gasteiger charge is -2.15. The summed E-state index contributed by atoms with van der Waals surface area (Å²) in [4.78, 5) is 43.8. The highest BCUT2D eigenvalue weighted by atomic mass is 16.4. The van der Waals surface area contributed by atoms with Gasteiger partial charge in [0.15, 0.2) is 5.69 Å². The Bertz CT molecular complexity index is 1340. The maximum atomic E-state index is 12.8. The number of carbonyl (C=O) groups is 3. The highest BCUT2D eigenvalue weighted by Crippen LogP contribution is 2.30. The summed E-state index contributed by atoms with van der Waals surface area (Å²) in [5.74, 6) is -0.498. The molecular formula is C25H17N3O4. The van der Waals surface area contributed by atoms with Crippen molar-refractivity contribution in [2.24, 2.45) is 0 Å². The van der Waals surface area contributed by atoms with Crippen LogP contribution in [0, 0.1) is 6.92 Å². The number of amides is 3. The van der Waals surface area contributed by atoms with Crippen molar-refractivity contribution in [2.75, 3.05) is 10.2 Å². The van der Waals surface area contributed by atoms with Crippen LogP contribution in [-0.4, -0.2) is 22.7 Å². The molecule has 0 spiro atoms. The Morgan fingerprint density at radius 3 is 2.22 bits per heavy atom. The van der Waals surface area contributed by atoms with E-state index >= 15 is 0 Å². The van der Waals surface area contributed by atoms with Gasteiger partial charge in [0.2, 0.25) is 5.89 Å². The second-order valence-electron chi connectivity index (χ2n) is 7.29. The van der Waals surface area contributed by atoms with E-state index in [9.17, 15) is 14.4 Å². The molecule has 1 aliphatic rings. The van der Waals surface area contributed by atoms with E-state index in [4.69, 9.17) is 4.42 Å². The van der Waals surface area contributed by atoms with Crippen LogP contribution in [0.3, 0.4) is 0 Å². The predicted octanol–water partition coefficient (Wildman–Crippen LogP) is 4.70. The standard InChI is InChI=1S/C25H17N3O4/c1-15-21(27-23(32-15)16-8-3-2-4-9-16)22(29)26-17-10-7-11-18(14-17)28-24(30)19-12-5-6-13-20(19)25(28)31/h2-14H,1H3,(H,26,29). The van der Waals surface area contributed by atoms with Crippen LogP contribution in [0.5, 0.6) is 0 Å². The summed E-state index contributed by atoms with van der Waals surface area (Å²) in [6.07, 6.45) is 0. The molecule has 1 aliphatic heterocycles. The lowest BCUT2D eigenvalue weighted by molar-refractivity contribution is 0.0925. The van der Waals surface area contributed by atoms with Gasteiger partial charge in [-0.2, -0.15) is 0 Å². The van der Waals surface area contributed by atoms with Gasteiger partial charge in [0.25, 0.3) is 17.7 Å². The number of carbonyl (C=O) groups excluding carboxylic acids is 3. The third kappa shape index (κ3) is 3.26. The van der Waals surface area contributed by atoms with Gasteiger partial charge >= 0.3 is 0 Å². The smallest absolute Gasteiger partial charge is 0.277 e. The number of rotatable bonds is 4. The molecular weight excluding hydrogens is 406 g/mol. The van der Waals surface area contributed by atoms with Crippen molar-refractivity contribution in [3.05, 3.63) is 101 Å². The van der Waals surface area contributed by atoms with Gasteiger partial charge < -0.3 is 9.73 Å². The summed E-state index contributed by atoms with van der Waals surface area (Å²) < 4.78 is 5.66. The third-order valence-electron chi connectivity index (χ3n) is 5.19. The number of imide groups is 1. The molecule has 32 heavy (non-hydrogen) atoms. The Labute approximate surface area is 183 Å². The number of hydrogen-bond acceptors (Lipinski definition) is 5. The molecule has 0 atom stereocenters. The van der Waals surface area contributed by atoms with Crippen LogP contribution in [0.1, 0.15) is 37.0 Å². The fourth-order valence-corrected chi connectivity index (χ4v) is 3.65. The van der Waals surface area contributed by atoms with Crippen LogP contribution >= 0.6 is 0 Å². The van der Waals surface area contributed by atoms with Crippen LogP contribution in [0.15, 0.2) is 83.3 Å². The average Bonchev–Trinajstić information content (AvgIpc) is 3.32. The summed E-state index contributed by atoms with van der Waals surface area (Å²) >= 11 is 0. The van der Waals surface area contributed by atoms with E-state index in [0.717, 1.165) is 10.5 Å². The molecule has 1 N–H and O–H groups in total. The minimum absolute atomic E-state index is 0.162. The molecule has 7 nitrogen and oxygen atoms in total. The van der Waals surface area contributed by atoms with E-state index in [0.29, 0.717) is 34.2 Å². The summed E-state index contributed by atoms with van der Waals surface area (Å²) in [5.41, 5.74) is 2.44. The number of benzene rings is 3. The molecule has 3 amide bonds. The molecule has 0 saturated heterocycles. The Balaban J connectivity index is 1.40. The van der Waals surface area contributed by atoms with E-state index in [1.165, 1.54) is 0 Å². The van der Waals surface area contributed by atoms with E-state index in [-0.39, 0.29) is 5.69 Å². The molecule has 4 aromatic rings. The first-order valence-corrected chi connectivity index (χ1v) is 9.95. The number of nitrogens with one attached hydrogen (secondary N) is 1. The van der Waals surface area contributed by atoms with E-state index in [1.807, 2.05) is 30.3 Å². The normalized spacial score (nSPS) is 12.7. The molecule has 1 aromatic heterocycles. The second-order valence-corrected chi connectivity index (χ2v) is 7.29. The van der Waals surface area contributed by atoms with Crippen molar-refractivity contribution in [3.63, 3.8) is 0 Å². The molecule has 7 heteroatoms. The average molecular weight is 423 g/mol. The first-order chi connectivity index (χ1) is 15.5. The molecule has 0 aliphatic carbocycles. The largest absolute Gasteiger partial charge is 0.441 e. The van der Waals surface area contributed by atoms with Crippen LogP contribution in [0.2, 0.25) is 0 Å². The molecule has 0 radical (unpaired) electrons. The summed E-state index contributed by atoms with van der Waals surface area (Å²) in [5, 5.41) is 2.77. The number of nitrogens with zero attached hydrogens (tertiary/aromatic N) is 2. The molecule has 0 fully saturated rings. The Kier molecular flexibility index (Phi) is 4.63. The number of aromatic nitrogens is 1. The molecule has 5 rings (SSSR count). The lowest BCUT2D eigenvalue weighted by Crippen LogP contribution is -2.29. The van der Waals surface area contributed by atoms with Gasteiger partial charge in [0.05, 0.1) is 16.8 Å². The quantitative estimate of drug-likeness (QED) is 0.480. The van der Waals surface area contributed by atoms with Crippen molar-refractivity contribution in [2.45, 2.75) is 6.92 Å². The van der Waals surface area contributed by atoms with Crippen molar-refractivity contribution < 1.29 is 18.8 Å². The highest BCUT2D eigenvalue weighted by molar-refractivity contribution is 6.34. The van der Waals surface area contributed by atoms with Crippen LogP contribution in [0.4, 0.5) is 11.4 Å². The Morgan fingerprint density at radius 2 is 1.53 bits per heavy atom. The molecule has 3 aromatic carbocycles. The van der Waals surface area contributed by atoms with Crippen molar-refractivity contribution in [1.82, 2.24) is 4.98 Å². The summed E-state index contributed by atoms with van der Waals surface area (Å²) in [6, 6.07) is 22.5. The monoisotopic (exact) mass is 423 g/mol. The molecule has 0 saturated carbocycles. The Morgan fingerprint density at radius 1 is 0.875 bits per heavy atom. The van der Waals surface area contributed by atoms with Crippen LogP contribution in [0.25, 0.3) is 11.5 Å². The van der Waals surface area contributed by atoms with Gasteiger partial charge in [-0.3, -0.25) is 14.4 Å². The SMILES string of the molecule is Cc1oc(-c2ccccc2)nc1C(=O)Nc1cccc(N2C(=O)c3ccccc3C2=O)c1. The van der Waals surface area contributed by atoms with Gasteiger partial charge in [-0.05, 0) is 49.4 Å². The minimum atomic E-state index is -0.451. The fraction of sp³-hybridized carbons (Fsp3) is 0.0400. The zero-order valence-electron chi connectivity index (χ0n) is 17.0. The second kappa shape index (κ2) is 7.63. The topological polar surface area (TPSA) is 92.5 Å². The van der Waals surface area contributed by atoms with Crippen molar-refractivity contribution >= 4 is 29.1 Å². The van der Waals surface area contributed by atoms with Crippen LogP contribution < -0.4 is 10.2 Å². The number of hydrogen-bond donors (Lipinski definition) is 1. The number of oxazole rings is 1. The molecule has 0 bridgehead atoms. The minimum Gasteiger partial charge on any atom is -0.441 e. The van der Waals surface area contributed by atoms with Gasteiger partial charge in [-0.1, -0.05) is 36.4 Å². The lowest BCUT2D eigenvalue weighted by atomic mass is 10.1. The number of aryl methyl sites for hydroxylation is 1. The fourth-order valence-electron chi connectivity index (χ4n) is 3.65. The predicted molar refractivity (Wildman–Crippen MR) is 119 cm³/mol. The van der Waals surface area contributed by atoms with Gasteiger partial charge in [-0.25, -0.2) is 9.88 Å². The zero-order valence-corrected chi connectivity index (χ0v) is 17.0. The molecule has 2 heterocycles. The van der Waals surface area contributed by atoms with Gasteiger partial charge in [0.1, 0.15) is 5.76 Å². The molecule has 0 unspecified atom stereocenters. The zero-order chi connectivity index (χ0) is 22.2. The maximum Gasteiger partial charge on any atom is 0.277 e.